The van der Waals surface area contributed by atoms with Gasteiger partial charge in [0.25, 0.3) is 5.91 Å². The van der Waals surface area contributed by atoms with Crippen molar-refractivity contribution in [3.05, 3.63) is 40.6 Å². The standard InChI is InChI=1S/C21H24N4O4/c1-2-7-27-12-16-5-6-25-21(29-16)18(19(24-25)20(23)26)15-9-14-8-13(10-22)3-4-17(14)28-11-15/h3-4,8,15-16H,2,5-7,9,11-12H2,1H3,(H2,23,26)/t15-,16?/m0/s1. The molecule has 0 saturated heterocycles. The van der Waals surface area contributed by atoms with Crippen molar-refractivity contribution in [2.75, 3.05) is 19.8 Å². The predicted molar refractivity (Wildman–Crippen MR) is 104 cm³/mol. The van der Waals surface area contributed by atoms with Crippen LogP contribution in [0.4, 0.5) is 0 Å². The molecule has 0 fully saturated rings. The van der Waals surface area contributed by atoms with E-state index in [9.17, 15) is 10.1 Å². The minimum atomic E-state index is -0.583. The summed E-state index contributed by atoms with van der Waals surface area (Å²) in [6, 6.07) is 7.52. The number of benzene rings is 1. The maximum absolute atomic E-state index is 12.1. The second-order valence-electron chi connectivity index (χ2n) is 7.40. The molecule has 2 N–H and O–H groups in total. The normalized spacial score (nSPS) is 20.0. The van der Waals surface area contributed by atoms with Gasteiger partial charge in [-0.3, -0.25) is 4.79 Å². The molecule has 0 radical (unpaired) electrons. The monoisotopic (exact) mass is 396 g/mol. The number of primary amides is 1. The first-order valence-electron chi connectivity index (χ1n) is 9.91. The molecule has 1 unspecified atom stereocenters. The van der Waals surface area contributed by atoms with Crippen LogP contribution in [0, 0.1) is 11.3 Å². The Bertz CT molecular complexity index is 962. The minimum Gasteiger partial charge on any atom is -0.493 e. The molecule has 0 bridgehead atoms. The van der Waals surface area contributed by atoms with Crippen molar-refractivity contribution < 1.29 is 19.0 Å². The molecule has 2 aromatic rings. The lowest BCUT2D eigenvalue weighted by Gasteiger charge is -2.29. The van der Waals surface area contributed by atoms with E-state index in [1.807, 2.05) is 12.1 Å². The highest BCUT2D eigenvalue weighted by Crippen LogP contribution is 2.40. The van der Waals surface area contributed by atoms with Gasteiger partial charge in [-0.25, -0.2) is 4.68 Å². The van der Waals surface area contributed by atoms with E-state index in [0.29, 0.717) is 49.8 Å². The third kappa shape index (κ3) is 3.78. The summed E-state index contributed by atoms with van der Waals surface area (Å²) in [5, 5.41) is 13.6. The van der Waals surface area contributed by atoms with Gasteiger partial charge in [0.2, 0.25) is 5.88 Å². The molecule has 1 aromatic carbocycles. The number of hydrogen-bond acceptors (Lipinski definition) is 6. The van der Waals surface area contributed by atoms with Crippen LogP contribution in [0.15, 0.2) is 18.2 Å². The van der Waals surface area contributed by atoms with Gasteiger partial charge in [-0.1, -0.05) is 6.92 Å². The van der Waals surface area contributed by atoms with E-state index in [0.717, 1.165) is 24.2 Å². The van der Waals surface area contributed by atoms with Crippen LogP contribution in [0.3, 0.4) is 0 Å². The van der Waals surface area contributed by atoms with Crippen molar-refractivity contribution in [1.82, 2.24) is 9.78 Å². The highest BCUT2D eigenvalue weighted by Gasteiger charge is 2.35. The summed E-state index contributed by atoms with van der Waals surface area (Å²) in [4.78, 5) is 12.1. The molecule has 152 valence electrons. The Labute approximate surface area is 169 Å². The Morgan fingerprint density at radius 1 is 1.48 bits per heavy atom. The quantitative estimate of drug-likeness (QED) is 0.749. The smallest absolute Gasteiger partial charge is 0.269 e. The molecule has 8 heteroatoms. The van der Waals surface area contributed by atoms with Gasteiger partial charge in [-0.15, -0.1) is 0 Å². The maximum atomic E-state index is 12.1. The van der Waals surface area contributed by atoms with Crippen molar-refractivity contribution in [3.8, 4) is 17.7 Å². The number of rotatable bonds is 6. The topological polar surface area (TPSA) is 112 Å². The van der Waals surface area contributed by atoms with Gasteiger partial charge in [0, 0.05) is 25.5 Å². The summed E-state index contributed by atoms with van der Waals surface area (Å²) in [6.45, 7) is 4.27. The highest BCUT2D eigenvalue weighted by molar-refractivity contribution is 5.93. The third-order valence-electron chi connectivity index (χ3n) is 5.27. The summed E-state index contributed by atoms with van der Waals surface area (Å²) in [5.41, 5.74) is 8.04. The fourth-order valence-electron chi connectivity index (χ4n) is 3.90. The average Bonchev–Trinajstić information content (AvgIpc) is 3.12. The van der Waals surface area contributed by atoms with E-state index < -0.39 is 5.91 Å². The van der Waals surface area contributed by atoms with Crippen LogP contribution in [-0.2, 0) is 17.7 Å². The van der Waals surface area contributed by atoms with Crippen LogP contribution in [-0.4, -0.2) is 41.6 Å². The fourth-order valence-corrected chi connectivity index (χ4v) is 3.90. The first-order chi connectivity index (χ1) is 14.1. The SMILES string of the molecule is CCCOCC1CCn2nc(C(N)=O)c([C@@H]3COc4ccc(C#N)cc4C3)c2O1. The number of carbonyl (C=O) groups excluding carboxylic acids is 1. The average molecular weight is 396 g/mol. The first kappa shape index (κ1) is 19.3. The van der Waals surface area contributed by atoms with E-state index in [2.05, 4.69) is 18.1 Å². The van der Waals surface area contributed by atoms with E-state index in [1.165, 1.54) is 0 Å². The van der Waals surface area contributed by atoms with Crippen LogP contribution < -0.4 is 15.2 Å². The molecule has 3 heterocycles. The zero-order valence-corrected chi connectivity index (χ0v) is 16.4. The van der Waals surface area contributed by atoms with Crippen LogP contribution in [0.25, 0.3) is 0 Å². The van der Waals surface area contributed by atoms with Crippen molar-refractivity contribution in [2.45, 2.75) is 44.8 Å². The molecule has 2 atom stereocenters. The molecule has 8 nitrogen and oxygen atoms in total. The molecule has 1 amide bonds. The molecule has 1 aromatic heterocycles. The Morgan fingerprint density at radius 3 is 3.10 bits per heavy atom. The van der Waals surface area contributed by atoms with Crippen LogP contribution >= 0.6 is 0 Å². The zero-order valence-electron chi connectivity index (χ0n) is 16.4. The number of nitrogens with two attached hydrogens (primary N) is 1. The number of aryl methyl sites for hydroxylation is 1. The van der Waals surface area contributed by atoms with Gasteiger partial charge < -0.3 is 19.9 Å². The zero-order chi connectivity index (χ0) is 20.4. The number of nitriles is 1. The number of carbonyl (C=O) groups is 1. The maximum Gasteiger partial charge on any atom is 0.269 e. The van der Waals surface area contributed by atoms with Crippen LogP contribution in [0.1, 0.15) is 52.9 Å². The van der Waals surface area contributed by atoms with Crippen LogP contribution in [0.5, 0.6) is 11.6 Å². The second kappa shape index (κ2) is 8.13. The Morgan fingerprint density at radius 2 is 2.34 bits per heavy atom. The van der Waals surface area contributed by atoms with E-state index in [-0.39, 0.29) is 17.7 Å². The molecule has 2 aliphatic rings. The van der Waals surface area contributed by atoms with Gasteiger partial charge in [-0.05, 0) is 36.6 Å². The minimum absolute atomic E-state index is 0.0905. The second-order valence-corrected chi connectivity index (χ2v) is 7.40. The molecule has 29 heavy (non-hydrogen) atoms. The largest absolute Gasteiger partial charge is 0.493 e. The van der Waals surface area contributed by atoms with Crippen molar-refractivity contribution in [1.29, 1.82) is 5.26 Å². The summed E-state index contributed by atoms with van der Waals surface area (Å²) in [7, 11) is 0. The Kier molecular flexibility index (Phi) is 5.41. The number of hydrogen-bond donors (Lipinski definition) is 1. The van der Waals surface area contributed by atoms with E-state index in [4.69, 9.17) is 19.9 Å². The number of fused-ring (bicyclic) bond motifs is 2. The summed E-state index contributed by atoms with van der Waals surface area (Å²) < 4.78 is 19.5. The van der Waals surface area contributed by atoms with Crippen LogP contribution in [0.2, 0.25) is 0 Å². The molecular formula is C21H24N4O4. The molecule has 2 aliphatic heterocycles. The van der Waals surface area contributed by atoms with Gasteiger partial charge in [0.15, 0.2) is 5.69 Å². The van der Waals surface area contributed by atoms with Crippen molar-refractivity contribution >= 4 is 5.91 Å². The molecule has 4 rings (SSSR count). The van der Waals surface area contributed by atoms with Gasteiger partial charge in [0.1, 0.15) is 11.9 Å². The summed E-state index contributed by atoms with van der Waals surface area (Å²) in [5.74, 6) is 0.608. The molecule has 0 spiro atoms. The lowest BCUT2D eigenvalue weighted by molar-refractivity contribution is 0.0251. The van der Waals surface area contributed by atoms with E-state index in [1.54, 1.807) is 10.7 Å². The summed E-state index contributed by atoms with van der Waals surface area (Å²) in [6.07, 6.45) is 2.23. The van der Waals surface area contributed by atoms with Crippen molar-refractivity contribution in [3.63, 3.8) is 0 Å². The Hall–Kier alpha value is -3.05. The highest BCUT2D eigenvalue weighted by atomic mass is 16.5. The number of nitrogens with zero attached hydrogens (tertiary/aromatic N) is 3. The fraction of sp³-hybridized carbons (Fsp3) is 0.476. The lowest BCUT2D eigenvalue weighted by Crippen LogP contribution is -2.31. The number of ether oxygens (including phenoxy) is 3. The molecular weight excluding hydrogens is 372 g/mol. The van der Waals surface area contributed by atoms with Gasteiger partial charge in [0.05, 0.1) is 30.4 Å². The van der Waals surface area contributed by atoms with Gasteiger partial charge in [-0.2, -0.15) is 10.4 Å². The third-order valence-corrected chi connectivity index (χ3v) is 5.27. The lowest BCUT2D eigenvalue weighted by atomic mass is 9.89. The van der Waals surface area contributed by atoms with E-state index >= 15 is 0 Å². The predicted octanol–water partition coefficient (Wildman–Crippen LogP) is 2.15. The number of amides is 1. The Balaban J connectivity index is 1.64. The first-order valence-corrected chi connectivity index (χ1v) is 9.91. The number of aromatic nitrogens is 2. The van der Waals surface area contributed by atoms with Gasteiger partial charge >= 0.3 is 0 Å². The molecule has 0 saturated carbocycles. The summed E-state index contributed by atoms with van der Waals surface area (Å²) >= 11 is 0. The van der Waals surface area contributed by atoms with Crippen molar-refractivity contribution in [2.24, 2.45) is 5.73 Å². The molecule has 0 aliphatic carbocycles.